The van der Waals surface area contributed by atoms with Gasteiger partial charge in [0.1, 0.15) is 11.4 Å². The van der Waals surface area contributed by atoms with Crippen LogP contribution in [0.3, 0.4) is 0 Å². The topological polar surface area (TPSA) is 79.2 Å². The summed E-state index contributed by atoms with van der Waals surface area (Å²) in [5.41, 5.74) is 2.95. The maximum Gasteiger partial charge on any atom is 0.342 e. The van der Waals surface area contributed by atoms with Gasteiger partial charge in [-0.1, -0.05) is 30.2 Å². The zero-order valence-corrected chi connectivity index (χ0v) is 16.7. The molecule has 3 aromatic rings. The molecule has 28 heavy (non-hydrogen) atoms. The van der Waals surface area contributed by atoms with E-state index in [4.69, 9.17) is 16.0 Å². The highest BCUT2D eigenvalue weighted by molar-refractivity contribution is 6.36. The first-order chi connectivity index (χ1) is 13.5. The van der Waals surface area contributed by atoms with Crippen molar-refractivity contribution in [3.05, 3.63) is 72.2 Å². The van der Waals surface area contributed by atoms with Crippen LogP contribution in [-0.4, -0.2) is 21.4 Å². The minimum Gasteiger partial charge on any atom is -0.422 e. The number of rotatable bonds is 4. The summed E-state index contributed by atoms with van der Waals surface area (Å²) in [6.45, 7) is 5.50. The summed E-state index contributed by atoms with van der Waals surface area (Å²) in [5, 5.41) is 1.16. The summed E-state index contributed by atoms with van der Waals surface area (Å²) in [6.07, 6.45) is 2.37. The lowest BCUT2D eigenvalue weighted by Gasteiger charge is -2.27. The number of hydrogen-bond donors (Lipinski definition) is 1. The van der Waals surface area contributed by atoms with Gasteiger partial charge in [-0.05, 0) is 25.5 Å². The third kappa shape index (κ3) is 3.50. The number of hydrogen-bond acceptors (Lipinski definition) is 5. The molecular weight excluding hydrogens is 378 g/mol. The van der Waals surface area contributed by atoms with Crippen molar-refractivity contribution in [1.82, 2.24) is 14.9 Å². The van der Waals surface area contributed by atoms with Crippen LogP contribution in [0.1, 0.15) is 41.6 Å². The molecule has 0 unspecified atom stereocenters. The van der Waals surface area contributed by atoms with Crippen LogP contribution in [0.15, 0.2) is 32.2 Å². The zero-order chi connectivity index (χ0) is 19.8. The van der Waals surface area contributed by atoms with Gasteiger partial charge in [0, 0.05) is 37.9 Å². The number of benzene rings is 1. The SMILES string of the molecule is CCCc1nc2c(c(=O)[nH]1)CN(Cc1c(Cl)c3cc(C)ccc3oc1=O)CC2. The van der Waals surface area contributed by atoms with E-state index < -0.39 is 5.63 Å². The molecule has 0 atom stereocenters. The van der Waals surface area contributed by atoms with Crippen molar-refractivity contribution in [3.63, 3.8) is 0 Å². The van der Waals surface area contributed by atoms with Crippen LogP contribution in [0.25, 0.3) is 11.0 Å². The third-order valence-electron chi connectivity index (χ3n) is 5.15. The molecule has 0 spiro atoms. The molecule has 1 N–H and O–H groups in total. The maximum atomic E-state index is 12.5. The number of nitrogens with zero attached hydrogens (tertiary/aromatic N) is 2. The fourth-order valence-electron chi connectivity index (χ4n) is 3.70. The summed E-state index contributed by atoms with van der Waals surface area (Å²) in [7, 11) is 0. The average Bonchev–Trinajstić information content (AvgIpc) is 2.66. The monoisotopic (exact) mass is 399 g/mol. The van der Waals surface area contributed by atoms with E-state index in [-0.39, 0.29) is 5.56 Å². The van der Waals surface area contributed by atoms with Crippen molar-refractivity contribution in [2.24, 2.45) is 0 Å². The molecule has 0 bridgehead atoms. The largest absolute Gasteiger partial charge is 0.422 e. The van der Waals surface area contributed by atoms with Gasteiger partial charge >= 0.3 is 5.63 Å². The Hall–Kier alpha value is -2.44. The van der Waals surface area contributed by atoms with Crippen molar-refractivity contribution in [3.8, 4) is 0 Å². The fraction of sp³-hybridized carbons (Fsp3) is 0.381. The number of nitrogens with one attached hydrogen (secondary N) is 1. The van der Waals surface area contributed by atoms with Gasteiger partial charge in [-0.25, -0.2) is 9.78 Å². The lowest BCUT2D eigenvalue weighted by Crippen LogP contribution is -2.36. The summed E-state index contributed by atoms with van der Waals surface area (Å²) in [6, 6.07) is 5.56. The normalized spacial score (nSPS) is 14.4. The lowest BCUT2D eigenvalue weighted by molar-refractivity contribution is 0.238. The second kappa shape index (κ2) is 7.53. The number of aryl methyl sites for hydroxylation is 2. The number of aromatic nitrogens is 2. The first-order valence-corrected chi connectivity index (χ1v) is 9.89. The Morgan fingerprint density at radius 2 is 2.14 bits per heavy atom. The van der Waals surface area contributed by atoms with Crippen LogP contribution >= 0.6 is 11.6 Å². The molecule has 0 aliphatic carbocycles. The molecule has 4 rings (SSSR count). The first kappa shape index (κ1) is 18.9. The van der Waals surface area contributed by atoms with E-state index in [1.165, 1.54) is 0 Å². The summed E-state index contributed by atoms with van der Waals surface area (Å²) >= 11 is 6.56. The minimum absolute atomic E-state index is 0.0922. The highest BCUT2D eigenvalue weighted by Crippen LogP contribution is 2.27. The van der Waals surface area contributed by atoms with E-state index >= 15 is 0 Å². The van der Waals surface area contributed by atoms with E-state index in [2.05, 4.69) is 16.9 Å². The Kier molecular flexibility index (Phi) is 5.08. The number of aromatic amines is 1. The molecule has 2 aromatic heterocycles. The van der Waals surface area contributed by atoms with Crippen molar-refractivity contribution >= 4 is 22.6 Å². The molecule has 146 valence electrons. The second-order valence-electron chi connectivity index (χ2n) is 7.33. The highest BCUT2D eigenvalue weighted by Gasteiger charge is 2.23. The molecule has 0 amide bonds. The Labute approximate surface area is 167 Å². The minimum atomic E-state index is -0.433. The molecule has 1 aromatic carbocycles. The average molecular weight is 400 g/mol. The van der Waals surface area contributed by atoms with Crippen LogP contribution in [0.5, 0.6) is 0 Å². The van der Waals surface area contributed by atoms with E-state index in [0.717, 1.165) is 35.3 Å². The van der Waals surface area contributed by atoms with Crippen molar-refractivity contribution in [1.29, 1.82) is 0 Å². The molecule has 0 fully saturated rings. The molecule has 1 aliphatic rings. The smallest absolute Gasteiger partial charge is 0.342 e. The van der Waals surface area contributed by atoms with Gasteiger partial charge in [-0.2, -0.15) is 0 Å². The number of fused-ring (bicyclic) bond motifs is 2. The first-order valence-electron chi connectivity index (χ1n) is 9.51. The molecule has 0 radical (unpaired) electrons. The standard InChI is InChI=1S/C21H22ClN3O3/c1-3-4-18-23-16-7-8-25(10-14(16)20(26)24-18)11-15-19(22)13-9-12(2)5-6-17(13)28-21(15)27/h5-6,9H,3-4,7-8,10-11H2,1-2H3,(H,23,24,26). The predicted molar refractivity (Wildman–Crippen MR) is 109 cm³/mol. The molecule has 1 aliphatic heterocycles. The van der Waals surface area contributed by atoms with E-state index in [1.54, 1.807) is 6.07 Å². The summed E-state index contributed by atoms with van der Waals surface area (Å²) in [4.78, 5) is 34.5. The predicted octanol–water partition coefficient (Wildman–Crippen LogP) is 3.35. The van der Waals surface area contributed by atoms with Gasteiger partial charge < -0.3 is 9.40 Å². The Balaban J connectivity index is 1.65. The third-order valence-corrected chi connectivity index (χ3v) is 5.58. The summed E-state index contributed by atoms with van der Waals surface area (Å²) < 4.78 is 5.46. The Morgan fingerprint density at radius 3 is 2.93 bits per heavy atom. The number of H-pyrrole nitrogens is 1. The van der Waals surface area contributed by atoms with Gasteiger partial charge in [0.05, 0.1) is 21.8 Å². The van der Waals surface area contributed by atoms with Crippen LogP contribution in [0.4, 0.5) is 0 Å². The molecule has 6 nitrogen and oxygen atoms in total. The van der Waals surface area contributed by atoms with Crippen LogP contribution in [-0.2, 0) is 25.9 Å². The summed E-state index contributed by atoms with van der Waals surface area (Å²) in [5.74, 6) is 0.744. The van der Waals surface area contributed by atoms with Gasteiger partial charge in [0.25, 0.3) is 5.56 Å². The Morgan fingerprint density at radius 1 is 1.32 bits per heavy atom. The van der Waals surface area contributed by atoms with Gasteiger partial charge in [0.2, 0.25) is 0 Å². The lowest BCUT2D eigenvalue weighted by atomic mass is 10.1. The Bertz CT molecular complexity index is 1170. The molecule has 0 saturated heterocycles. The van der Waals surface area contributed by atoms with Crippen molar-refractivity contribution in [2.75, 3.05) is 6.54 Å². The van der Waals surface area contributed by atoms with E-state index in [9.17, 15) is 9.59 Å². The van der Waals surface area contributed by atoms with Gasteiger partial charge in [-0.15, -0.1) is 0 Å². The molecule has 7 heteroatoms. The van der Waals surface area contributed by atoms with Crippen molar-refractivity contribution < 1.29 is 4.42 Å². The van der Waals surface area contributed by atoms with Crippen LogP contribution in [0.2, 0.25) is 5.02 Å². The fourth-order valence-corrected chi connectivity index (χ4v) is 3.98. The van der Waals surface area contributed by atoms with Gasteiger partial charge in [0.15, 0.2) is 0 Å². The second-order valence-corrected chi connectivity index (χ2v) is 7.71. The number of halogens is 1. The van der Waals surface area contributed by atoms with E-state index in [1.807, 2.05) is 24.0 Å². The van der Waals surface area contributed by atoms with Gasteiger partial charge in [-0.3, -0.25) is 9.69 Å². The maximum absolute atomic E-state index is 12.5. The molecular formula is C21H22ClN3O3. The quantitative estimate of drug-likeness (QED) is 0.680. The highest BCUT2D eigenvalue weighted by atomic mass is 35.5. The van der Waals surface area contributed by atoms with E-state index in [0.29, 0.717) is 47.8 Å². The molecule has 3 heterocycles. The molecule has 0 saturated carbocycles. The van der Waals surface area contributed by atoms with Crippen LogP contribution in [0, 0.1) is 6.92 Å². The zero-order valence-electron chi connectivity index (χ0n) is 16.0. The van der Waals surface area contributed by atoms with Crippen molar-refractivity contribution in [2.45, 2.75) is 46.2 Å². The van der Waals surface area contributed by atoms with Crippen LogP contribution < -0.4 is 11.2 Å².